The van der Waals surface area contributed by atoms with Gasteiger partial charge in [-0.2, -0.15) is 0 Å². The van der Waals surface area contributed by atoms with E-state index in [1.807, 2.05) is 0 Å². The summed E-state index contributed by atoms with van der Waals surface area (Å²) >= 11 is 20.9. The summed E-state index contributed by atoms with van der Waals surface area (Å²) in [5, 5.41) is 4.08. The third-order valence-corrected chi connectivity index (χ3v) is 3.86. The highest BCUT2D eigenvalue weighted by atomic mass is 79.9. The lowest BCUT2D eigenvalue weighted by Crippen LogP contribution is -2.20. The molecule has 21 heavy (non-hydrogen) atoms. The lowest BCUT2D eigenvalue weighted by atomic mass is 10.3. The lowest BCUT2D eigenvalue weighted by Gasteiger charge is -2.10. The van der Waals surface area contributed by atoms with Crippen molar-refractivity contribution in [3.8, 4) is 5.75 Å². The van der Waals surface area contributed by atoms with Crippen molar-refractivity contribution in [2.45, 2.75) is 0 Å². The van der Waals surface area contributed by atoms with Gasteiger partial charge in [0.25, 0.3) is 5.91 Å². The van der Waals surface area contributed by atoms with Gasteiger partial charge in [0.1, 0.15) is 5.75 Å². The molecule has 1 N–H and O–H groups in total. The molecule has 2 aromatic rings. The summed E-state index contributed by atoms with van der Waals surface area (Å²) in [6.07, 6.45) is 0. The third kappa shape index (κ3) is 4.78. The average Bonchev–Trinajstić information content (AvgIpc) is 2.41. The molecule has 0 saturated carbocycles. The van der Waals surface area contributed by atoms with Crippen molar-refractivity contribution in [2.75, 3.05) is 11.9 Å². The number of amides is 1. The summed E-state index contributed by atoms with van der Waals surface area (Å²) in [6.45, 7) is -0.154. The van der Waals surface area contributed by atoms with Crippen molar-refractivity contribution in [1.29, 1.82) is 0 Å². The van der Waals surface area contributed by atoms with E-state index in [1.54, 1.807) is 36.4 Å². The summed E-state index contributed by atoms with van der Waals surface area (Å²) < 4.78 is 6.08. The van der Waals surface area contributed by atoms with E-state index in [0.29, 0.717) is 31.0 Å². The van der Waals surface area contributed by atoms with Crippen LogP contribution in [0.3, 0.4) is 0 Å². The molecule has 0 radical (unpaired) electrons. The number of hydrogen-bond donors (Lipinski definition) is 1. The zero-order chi connectivity index (χ0) is 15.4. The molecule has 0 aromatic heterocycles. The molecule has 3 nitrogen and oxygen atoms in total. The number of carbonyl (C=O) groups is 1. The maximum absolute atomic E-state index is 11.8. The van der Waals surface area contributed by atoms with Crippen LogP contribution in [0.25, 0.3) is 0 Å². The largest absolute Gasteiger partial charge is 0.483 e. The molecule has 0 aliphatic heterocycles. The number of carbonyl (C=O) groups excluding carboxylic acids is 1. The number of benzene rings is 2. The van der Waals surface area contributed by atoms with E-state index in [4.69, 9.17) is 39.5 Å². The monoisotopic (exact) mass is 407 g/mol. The fraction of sp³-hybridized carbons (Fsp3) is 0.0714. The number of ether oxygens (including phenoxy) is 1. The molecule has 0 aliphatic carbocycles. The first-order valence-electron chi connectivity index (χ1n) is 5.78. The Labute approximate surface area is 145 Å². The lowest BCUT2D eigenvalue weighted by molar-refractivity contribution is -0.118. The molecule has 0 saturated heterocycles. The summed E-state index contributed by atoms with van der Waals surface area (Å²) in [5.74, 6) is 0.192. The molecule has 0 aliphatic rings. The minimum Gasteiger partial charge on any atom is -0.483 e. The molecule has 0 fully saturated rings. The summed E-state index contributed by atoms with van der Waals surface area (Å²) in [4.78, 5) is 11.8. The van der Waals surface area contributed by atoms with Crippen LogP contribution in [0.2, 0.25) is 15.1 Å². The fourth-order valence-electron chi connectivity index (χ4n) is 1.51. The van der Waals surface area contributed by atoms with Gasteiger partial charge in [-0.15, -0.1) is 0 Å². The normalized spacial score (nSPS) is 10.3. The SMILES string of the molecule is O=C(COc1ccc(Cl)cc1Br)Nc1ccc(Cl)cc1Cl. The van der Waals surface area contributed by atoms with E-state index in [0.717, 1.165) is 0 Å². The van der Waals surface area contributed by atoms with Crippen LogP contribution in [0.5, 0.6) is 5.75 Å². The maximum Gasteiger partial charge on any atom is 0.262 e. The Morgan fingerprint density at radius 1 is 1.10 bits per heavy atom. The maximum atomic E-state index is 11.8. The second kappa shape index (κ2) is 7.36. The van der Waals surface area contributed by atoms with Gasteiger partial charge in [0, 0.05) is 10.0 Å². The Morgan fingerprint density at radius 2 is 1.76 bits per heavy atom. The minimum atomic E-state index is -0.332. The van der Waals surface area contributed by atoms with E-state index in [9.17, 15) is 4.79 Å². The highest BCUT2D eigenvalue weighted by Crippen LogP contribution is 2.28. The second-order valence-electron chi connectivity index (χ2n) is 4.04. The molecule has 110 valence electrons. The van der Waals surface area contributed by atoms with Crippen molar-refractivity contribution in [3.05, 3.63) is 55.9 Å². The predicted octanol–water partition coefficient (Wildman–Crippen LogP) is 5.43. The van der Waals surface area contributed by atoms with Gasteiger partial charge >= 0.3 is 0 Å². The Bertz CT molecular complexity index is 679. The summed E-state index contributed by atoms with van der Waals surface area (Å²) in [6, 6.07) is 9.85. The van der Waals surface area contributed by atoms with Crippen molar-refractivity contribution >= 4 is 62.3 Å². The van der Waals surface area contributed by atoms with Crippen molar-refractivity contribution in [1.82, 2.24) is 0 Å². The summed E-state index contributed by atoms with van der Waals surface area (Å²) in [5.41, 5.74) is 0.477. The zero-order valence-electron chi connectivity index (χ0n) is 10.5. The van der Waals surface area contributed by atoms with Crippen molar-refractivity contribution in [3.63, 3.8) is 0 Å². The second-order valence-corrected chi connectivity index (χ2v) is 6.17. The molecule has 2 rings (SSSR count). The van der Waals surface area contributed by atoms with Crippen LogP contribution < -0.4 is 10.1 Å². The quantitative estimate of drug-likeness (QED) is 0.732. The standard InChI is InChI=1S/C14H9BrCl3NO2/c15-10-5-8(16)2-4-13(10)21-7-14(20)19-12-3-1-9(17)6-11(12)18/h1-6H,7H2,(H,19,20). The number of rotatable bonds is 4. The number of hydrogen-bond acceptors (Lipinski definition) is 2. The third-order valence-electron chi connectivity index (χ3n) is 2.46. The molecule has 0 atom stereocenters. The first kappa shape index (κ1) is 16.4. The van der Waals surface area contributed by atoms with Gasteiger partial charge in [-0.05, 0) is 52.3 Å². The molecule has 0 unspecified atom stereocenters. The van der Waals surface area contributed by atoms with Crippen LogP contribution in [0, 0.1) is 0 Å². The summed E-state index contributed by atoms with van der Waals surface area (Å²) in [7, 11) is 0. The van der Waals surface area contributed by atoms with Crippen LogP contribution in [0.4, 0.5) is 5.69 Å². The molecule has 1 amide bonds. The molecule has 2 aromatic carbocycles. The molecule has 0 bridgehead atoms. The first-order valence-corrected chi connectivity index (χ1v) is 7.71. The highest BCUT2D eigenvalue weighted by molar-refractivity contribution is 9.10. The fourth-order valence-corrected chi connectivity index (χ4v) is 2.77. The topological polar surface area (TPSA) is 38.3 Å². The van der Waals surface area contributed by atoms with Crippen molar-refractivity contribution in [2.24, 2.45) is 0 Å². The highest BCUT2D eigenvalue weighted by Gasteiger charge is 2.09. The van der Waals surface area contributed by atoms with Crippen LogP contribution >= 0.6 is 50.7 Å². The van der Waals surface area contributed by atoms with Gasteiger partial charge in [0.15, 0.2) is 6.61 Å². The van der Waals surface area contributed by atoms with Gasteiger partial charge in [-0.3, -0.25) is 4.79 Å². The van der Waals surface area contributed by atoms with Gasteiger partial charge < -0.3 is 10.1 Å². The van der Waals surface area contributed by atoms with E-state index >= 15 is 0 Å². The van der Waals surface area contributed by atoms with E-state index in [-0.39, 0.29) is 12.5 Å². The van der Waals surface area contributed by atoms with Gasteiger partial charge in [-0.1, -0.05) is 34.8 Å². The molecular formula is C14H9BrCl3NO2. The smallest absolute Gasteiger partial charge is 0.262 e. The van der Waals surface area contributed by atoms with Crippen LogP contribution in [0.15, 0.2) is 40.9 Å². The molecule has 0 spiro atoms. The molecule has 0 heterocycles. The van der Waals surface area contributed by atoms with Gasteiger partial charge in [0.05, 0.1) is 15.2 Å². The minimum absolute atomic E-state index is 0.154. The van der Waals surface area contributed by atoms with Crippen LogP contribution in [-0.4, -0.2) is 12.5 Å². The zero-order valence-corrected chi connectivity index (χ0v) is 14.4. The van der Waals surface area contributed by atoms with E-state index < -0.39 is 0 Å². The van der Waals surface area contributed by atoms with Crippen LogP contribution in [0.1, 0.15) is 0 Å². The number of anilines is 1. The molecule has 7 heteroatoms. The Kier molecular flexibility index (Phi) is 5.76. The van der Waals surface area contributed by atoms with E-state index in [2.05, 4.69) is 21.2 Å². The Balaban J connectivity index is 1.96. The van der Waals surface area contributed by atoms with Crippen LogP contribution in [-0.2, 0) is 4.79 Å². The number of nitrogens with one attached hydrogen (secondary N) is 1. The number of halogens is 4. The Hall–Kier alpha value is -0.940. The van der Waals surface area contributed by atoms with Gasteiger partial charge in [-0.25, -0.2) is 0 Å². The Morgan fingerprint density at radius 3 is 2.43 bits per heavy atom. The van der Waals surface area contributed by atoms with E-state index in [1.165, 1.54) is 0 Å². The average molecular weight is 409 g/mol. The predicted molar refractivity (Wildman–Crippen MR) is 89.7 cm³/mol. The van der Waals surface area contributed by atoms with Gasteiger partial charge in [0.2, 0.25) is 0 Å². The molecular weight excluding hydrogens is 400 g/mol. The van der Waals surface area contributed by atoms with Crippen molar-refractivity contribution < 1.29 is 9.53 Å². The first-order chi connectivity index (χ1) is 9.95.